The van der Waals surface area contributed by atoms with Gasteiger partial charge in [-0.2, -0.15) is 0 Å². The number of aromatic carboxylic acids is 1. The van der Waals surface area contributed by atoms with Crippen molar-refractivity contribution in [2.24, 2.45) is 0 Å². The third kappa shape index (κ3) is 2.82. The quantitative estimate of drug-likeness (QED) is 0.904. The van der Waals surface area contributed by atoms with Gasteiger partial charge in [0, 0.05) is 6.07 Å². The fourth-order valence-electron chi connectivity index (χ4n) is 1.42. The van der Waals surface area contributed by atoms with Crippen LogP contribution in [0, 0.1) is 18.6 Å². The largest absolute Gasteiger partial charge is 0.477 e. The summed E-state index contributed by atoms with van der Waals surface area (Å²) in [4.78, 5) is 14.8. The van der Waals surface area contributed by atoms with E-state index in [4.69, 9.17) is 16.7 Å². The Balaban J connectivity index is 2.37. The molecule has 4 nitrogen and oxygen atoms in total. The first-order valence-corrected chi connectivity index (χ1v) is 6.20. The Hall–Kier alpha value is -1.73. The van der Waals surface area contributed by atoms with Gasteiger partial charge in [0.1, 0.15) is 10.7 Å². The van der Waals surface area contributed by atoms with Gasteiger partial charge in [0.2, 0.25) is 0 Å². The number of benzene rings is 1. The van der Waals surface area contributed by atoms with Crippen LogP contribution < -0.4 is 5.32 Å². The van der Waals surface area contributed by atoms with Gasteiger partial charge in [0.05, 0.1) is 16.4 Å². The molecular weight excluding hydrogens is 298 g/mol. The third-order valence-electron chi connectivity index (χ3n) is 2.23. The summed E-state index contributed by atoms with van der Waals surface area (Å²) < 4.78 is 26.4. The van der Waals surface area contributed by atoms with Crippen LogP contribution in [0.25, 0.3) is 0 Å². The molecule has 0 atom stereocenters. The summed E-state index contributed by atoms with van der Waals surface area (Å²) in [6, 6.07) is 1.62. The number of carboxylic acid groups (broad SMARTS) is 1. The number of hydrogen-bond donors (Lipinski definition) is 2. The summed E-state index contributed by atoms with van der Waals surface area (Å²) >= 11 is 6.56. The van der Waals surface area contributed by atoms with Crippen molar-refractivity contribution < 1.29 is 18.7 Å². The molecule has 19 heavy (non-hydrogen) atoms. The van der Waals surface area contributed by atoms with Gasteiger partial charge in [0.25, 0.3) is 0 Å². The van der Waals surface area contributed by atoms with E-state index in [2.05, 4.69) is 10.3 Å². The Morgan fingerprint density at radius 1 is 1.47 bits per heavy atom. The molecule has 0 radical (unpaired) electrons. The summed E-state index contributed by atoms with van der Waals surface area (Å²) in [5.41, 5.74) is 0.160. The van der Waals surface area contributed by atoms with E-state index in [1.165, 1.54) is 6.92 Å². The molecule has 0 aliphatic carbocycles. The van der Waals surface area contributed by atoms with E-state index in [1.54, 1.807) is 0 Å². The number of aryl methyl sites for hydroxylation is 1. The van der Waals surface area contributed by atoms with Gasteiger partial charge in [-0.3, -0.25) is 0 Å². The molecular formula is C11H7ClF2N2O2S. The minimum absolute atomic E-state index is 0.0427. The number of aromatic nitrogens is 1. The lowest BCUT2D eigenvalue weighted by atomic mass is 10.3. The van der Waals surface area contributed by atoms with E-state index >= 15 is 0 Å². The van der Waals surface area contributed by atoms with Gasteiger partial charge >= 0.3 is 5.97 Å². The highest BCUT2D eigenvalue weighted by Crippen LogP contribution is 2.32. The Morgan fingerprint density at radius 2 is 2.16 bits per heavy atom. The Morgan fingerprint density at radius 3 is 2.68 bits per heavy atom. The summed E-state index contributed by atoms with van der Waals surface area (Å²) in [5.74, 6) is -2.79. The van der Waals surface area contributed by atoms with Crippen molar-refractivity contribution in [3.05, 3.63) is 39.4 Å². The lowest BCUT2D eigenvalue weighted by molar-refractivity contribution is 0.0701. The molecule has 0 aliphatic rings. The number of hydrogen-bond acceptors (Lipinski definition) is 4. The highest BCUT2D eigenvalue weighted by Gasteiger charge is 2.16. The molecule has 1 heterocycles. The predicted octanol–water partition coefficient (Wildman–Crippen LogP) is 3.82. The third-order valence-corrected chi connectivity index (χ3v) is 3.59. The smallest absolute Gasteiger partial charge is 0.347 e. The van der Waals surface area contributed by atoms with Crippen LogP contribution in [0.1, 0.15) is 15.4 Å². The molecule has 0 unspecified atom stereocenters. The van der Waals surface area contributed by atoms with E-state index in [9.17, 15) is 13.6 Å². The molecule has 1 aromatic heterocycles. The normalized spacial score (nSPS) is 10.5. The minimum Gasteiger partial charge on any atom is -0.477 e. The topological polar surface area (TPSA) is 62.2 Å². The molecule has 0 bridgehead atoms. The fraction of sp³-hybridized carbons (Fsp3) is 0.0909. The molecule has 1 aromatic carbocycles. The molecule has 0 aliphatic heterocycles. The molecule has 8 heteroatoms. The lowest BCUT2D eigenvalue weighted by Crippen LogP contribution is -1.95. The molecule has 2 rings (SSSR count). The monoisotopic (exact) mass is 304 g/mol. The number of nitrogens with one attached hydrogen (secondary N) is 1. The predicted molar refractivity (Wildman–Crippen MR) is 68.5 cm³/mol. The van der Waals surface area contributed by atoms with E-state index < -0.39 is 17.6 Å². The average molecular weight is 305 g/mol. The molecule has 0 spiro atoms. The van der Waals surface area contributed by atoms with E-state index in [-0.39, 0.29) is 20.7 Å². The summed E-state index contributed by atoms with van der Waals surface area (Å²) in [7, 11) is 0. The number of anilines is 2. The van der Waals surface area contributed by atoms with E-state index in [0.717, 1.165) is 17.4 Å². The van der Waals surface area contributed by atoms with Gasteiger partial charge in [-0.05, 0) is 13.0 Å². The van der Waals surface area contributed by atoms with Crippen molar-refractivity contribution in [2.75, 3.05) is 5.32 Å². The Labute approximate surface area is 115 Å². The van der Waals surface area contributed by atoms with Crippen LogP contribution in [-0.4, -0.2) is 16.1 Å². The Bertz CT molecular complexity index is 637. The second-order valence-electron chi connectivity index (χ2n) is 3.61. The van der Waals surface area contributed by atoms with Crippen molar-refractivity contribution in [2.45, 2.75) is 6.92 Å². The van der Waals surface area contributed by atoms with Gasteiger partial charge in [-0.1, -0.05) is 22.9 Å². The van der Waals surface area contributed by atoms with Crippen LogP contribution in [0.4, 0.5) is 19.6 Å². The first-order valence-electron chi connectivity index (χ1n) is 5.00. The lowest BCUT2D eigenvalue weighted by Gasteiger charge is -2.06. The number of halogens is 3. The number of thiazole rings is 1. The first kappa shape index (κ1) is 13.7. The molecule has 0 amide bonds. The number of rotatable bonds is 3. The highest BCUT2D eigenvalue weighted by atomic mass is 35.5. The van der Waals surface area contributed by atoms with Crippen molar-refractivity contribution in [1.29, 1.82) is 0 Å². The second kappa shape index (κ2) is 5.10. The zero-order chi connectivity index (χ0) is 14.2. The van der Waals surface area contributed by atoms with Gasteiger partial charge in [-0.15, -0.1) is 0 Å². The number of nitrogens with zero attached hydrogens (tertiary/aromatic N) is 1. The maximum atomic E-state index is 13.5. The minimum atomic E-state index is -1.12. The Kier molecular flexibility index (Phi) is 3.68. The fourth-order valence-corrected chi connectivity index (χ4v) is 2.47. The van der Waals surface area contributed by atoms with Gasteiger partial charge in [0.15, 0.2) is 10.9 Å². The first-order chi connectivity index (χ1) is 8.88. The summed E-state index contributed by atoms with van der Waals surface area (Å²) in [6.07, 6.45) is 0. The molecule has 0 fully saturated rings. The summed E-state index contributed by atoms with van der Waals surface area (Å²) in [5, 5.41) is 11.5. The van der Waals surface area contributed by atoms with Crippen LogP contribution in [0.2, 0.25) is 5.02 Å². The van der Waals surface area contributed by atoms with Gasteiger partial charge in [-0.25, -0.2) is 18.6 Å². The van der Waals surface area contributed by atoms with Crippen LogP contribution >= 0.6 is 22.9 Å². The molecule has 2 N–H and O–H groups in total. The second-order valence-corrected chi connectivity index (χ2v) is 5.01. The zero-order valence-electron chi connectivity index (χ0n) is 9.50. The molecule has 100 valence electrons. The maximum Gasteiger partial charge on any atom is 0.347 e. The van der Waals surface area contributed by atoms with Crippen molar-refractivity contribution in [3.63, 3.8) is 0 Å². The van der Waals surface area contributed by atoms with Crippen LogP contribution in [-0.2, 0) is 0 Å². The molecule has 0 saturated carbocycles. The average Bonchev–Trinajstić information content (AvgIpc) is 2.65. The van der Waals surface area contributed by atoms with Crippen molar-refractivity contribution >= 4 is 39.7 Å². The maximum absolute atomic E-state index is 13.5. The van der Waals surface area contributed by atoms with Gasteiger partial charge < -0.3 is 10.4 Å². The van der Waals surface area contributed by atoms with Crippen LogP contribution in [0.15, 0.2) is 12.1 Å². The van der Waals surface area contributed by atoms with E-state index in [0.29, 0.717) is 11.8 Å². The SMILES string of the molecule is Cc1nc(Nc2c(F)cc(F)cc2Cl)sc1C(=O)O. The summed E-state index contributed by atoms with van der Waals surface area (Å²) in [6.45, 7) is 1.52. The van der Waals surface area contributed by atoms with Crippen molar-refractivity contribution in [3.8, 4) is 0 Å². The van der Waals surface area contributed by atoms with Crippen LogP contribution in [0.3, 0.4) is 0 Å². The van der Waals surface area contributed by atoms with Crippen LogP contribution in [0.5, 0.6) is 0 Å². The van der Waals surface area contributed by atoms with E-state index in [1.807, 2.05) is 0 Å². The highest BCUT2D eigenvalue weighted by molar-refractivity contribution is 7.17. The zero-order valence-corrected chi connectivity index (χ0v) is 11.1. The molecule has 0 saturated heterocycles. The number of carboxylic acids is 1. The standard InChI is InChI=1S/C11H7ClF2N2O2S/c1-4-9(10(17)18)19-11(15-4)16-8-6(12)2-5(13)3-7(8)14/h2-3H,1H3,(H,15,16)(H,17,18). The van der Waals surface area contributed by atoms with Crippen molar-refractivity contribution in [1.82, 2.24) is 4.98 Å². The number of carbonyl (C=O) groups is 1. The molecule has 2 aromatic rings.